The lowest BCUT2D eigenvalue weighted by molar-refractivity contribution is 1.13. The van der Waals surface area contributed by atoms with E-state index in [4.69, 9.17) is 23.2 Å². The standard InChI is InChI=1S/C15H14BrCl2N/c16-13-4-3-12(15(18)9-13)10-19-14-5-1-11(2-6-14)7-8-17/h1-6,9,19H,7-8,10H2. The third-order valence-electron chi connectivity index (χ3n) is 2.84. The summed E-state index contributed by atoms with van der Waals surface area (Å²) in [6.07, 6.45) is 0.903. The van der Waals surface area contributed by atoms with Crippen molar-refractivity contribution in [3.63, 3.8) is 0 Å². The van der Waals surface area contributed by atoms with Gasteiger partial charge in [-0.25, -0.2) is 0 Å². The van der Waals surface area contributed by atoms with E-state index in [2.05, 4.69) is 45.5 Å². The van der Waals surface area contributed by atoms with Crippen molar-refractivity contribution in [2.24, 2.45) is 0 Å². The highest BCUT2D eigenvalue weighted by Crippen LogP contribution is 2.22. The lowest BCUT2D eigenvalue weighted by atomic mass is 10.1. The summed E-state index contributed by atoms with van der Waals surface area (Å²) in [7, 11) is 0. The molecule has 0 spiro atoms. The number of alkyl halides is 1. The van der Waals surface area contributed by atoms with E-state index >= 15 is 0 Å². The zero-order valence-corrected chi connectivity index (χ0v) is 13.4. The van der Waals surface area contributed by atoms with E-state index in [1.165, 1.54) is 5.56 Å². The molecule has 1 N–H and O–H groups in total. The number of anilines is 1. The topological polar surface area (TPSA) is 12.0 Å². The van der Waals surface area contributed by atoms with Crippen molar-refractivity contribution in [1.82, 2.24) is 0 Å². The molecule has 0 bridgehead atoms. The van der Waals surface area contributed by atoms with Gasteiger partial charge in [0.05, 0.1) is 0 Å². The molecule has 19 heavy (non-hydrogen) atoms. The molecule has 2 aromatic rings. The summed E-state index contributed by atoms with van der Waals surface area (Å²) in [4.78, 5) is 0. The number of hydrogen-bond acceptors (Lipinski definition) is 1. The summed E-state index contributed by atoms with van der Waals surface area (Å²) >= 11 is 15.3. The van der Waals surface area contributed by atoms with Crippen LogP contribution in [0.5, 0.6) is 0 Å². The largest absolute Gasteiger partial charge is 0.381 e. The fourth-order valence-electron chi connectivity index (χ4n) is 1.76. The van der Waals surface area contributed by atoms with Gasteiger partial charge in [0.25, 0.3) is 0 Å². The Hall–Kier alpha value is -0.700. The zero-order valence-electron chi connectivity index (χ0n) is 10.3. The molecule has 0 aliphatic carbocycles. The first-order valence-corrected chi connectivity index (χ1v) is 7.72. The van der Waals surface area contributed by atoms with Crippen molar-refractivity contribution in [3.8, 4) is 0 Å². The highest BCUT2D eigenvalue weighted by atomic mass is 79.9. The summed E-state index contributed by atoms with van der Waals surface area (Å²) in [5.41, 5.74) is 3.41. The third kappa shape index (κ3) is 4.41. The van der Waals surface area contributed by atoms with Crippen LogP contribution in [0.1, 0.15) is 11.1 Å². The van der Waals surface area contributed by atoms with Crippen LogP contribution < -0.4 is 5.32 Å². The SMILES string of the molecule is ClCCc1ccc(NCc2ccc(Br)cc2Cl)cc1. The number of halogens is 3. The maximum Gasteiger partial charge on any atom is 0.0467 e. The van der Waals surface area contributed by atoms with Crippen molar-refractivity contribution in [2.45, 2.75) is 13.0 Å². The Morgan fingerprint density at radius 1 is 1.05 bits per heavy atom. The van der Waals surface area contributed by atoms with Gasteiger partial charge in [0.2, 0.25) is 0 Å². The number of rotatable bonds is 5. The second-order valence-electron chi connectivity index (χ2n) is 4.23. The van der Waals surface area contributed by atoms with Crippen LogP contribution in [0.4, 0.5) is 5.69 Å². The van der Waals surface area contributed by atoms with Crippen LogP contribution in [-0.2, 0) is 13.0 Å². The van der Waals surface area contributed by atoms with E-state index in [0.717, 1.165) is 27.2 Å². The van der Waals surface area contributed by atoms with Crippen molar-refractivity contribution in [3.05, 3.63) is 63.1 Å². The molecule has 0 radical (unpaired) electrons. The molecule has 0 aliphatic heterocycles. The van der Waals surface area contributed by atoms with Gasteiger partial charge in [0.15, 0.2) is 0 Å². The second kappa shape index (κ2) is 7.18. The summed E-state index contributed by atoms with van der Waals surface area (Å²) in [5, 5.41) is 4.12. The van der Waals surface area contributed by atoms with Gasteiger partial charge in [-0.05, 0) is 41.8 Å². The summed E-state index contributed by atoms with van der Waals surface area (Å²) in [6.45, 7) is 0.709. The van der Waals surface area contributed by atoms with E-state index in [1.54, 1.807) is 0 Å². The number of aryl methyl sites for hydroxylation is 1. The summed E-state index contributed by atoms with van der Waals surface area (Å²) in [6, 6.07) is 14.2. The van der Waals surface area contributed by atoms with E-state index in [0.29, 0.717) is 12.4 Å². The molecule has 0 atom stereocenters. The minimum absolute atomic E-state index is 0.654. The van der Waals surface area contributed by atoms with Crippen LogP contribution in [0.3, 0.4) is 0 Å². The molecule has 0 unspecified atom stereocenters. The fourth-order valence-corrected chi connectivity index (χ4v) is 2.72. The Balaban J connectivity index is 1.98. The molecule has 2 aromatic carbocycles. The first-order valence-electron chi connectivity index (χ1n) is 6.02. The van der Waals surface area contributed by atoms with Gasteiger partial charge >= 0.3 is 0 Å². The minimum atomic E-state index is 0.654. The van der Waals surface area contributed by atoms with Crippen molar-refractivity contribution >= 4 is 44.8 Å². The van der Waals surface area contributed by atoms with Crippen LogP contribution in [0.2, 0.25) is 5.02 Å². The van der Waals surface area contributed by atoms with Gasteiger partial charge < -0.3 is 5.32 Å². The van der Waals surface area contributed by atoms with Crippen LogP contribution in [0, 0.1) is 0 Å². The quantitative estimate of drug-likeness (QED) is 0.696. The molecule has 100 valence electrons. The third-order valence-corrected chi connectivity index (χ3v) is 3.87. The minimum Gasteiger partial charge on any atom is -0.381 e. The Bertz CT molecular complexity index is 540. The highest BCUT2D eigenvalue weighted by Gasteiger charge is 2.01. The Labute approximate surface area is 132 Å². The smallest absolute Gasteiger partial charge is 0.0467 e. The van der Waals surface area contributed by atoms with Crippen LogP contribution in [-0.4, -0.2) is 5.88 Å². The van der Waals surface area contributed by atoms with E-state index in [9.17, 15) is 0 Å². The predicted octanol–water partition coefficient (Wildman–Crippen LogP) is 5.50. The molecule has 0 heterocycles. The number of benzene rings is 2. The molecular weight excluding hydrogens is 345 g/mol. The molecule has 4 heteroatoms. The molecule has 0 aromatic heterocycles. The van der Waals surface area contributed by atoms with Crippen LogP contribution in [0.25, 0.3) is 0 Å². The van der Waals surface area contributed by atoms with Crippen molar-refractivity contribution < 1.29 is 0 Å². The number of nitrogens with one attached hydrogen (secondary N) is 1. The maximum atomic E-state index is 6.18. The highest BCUT2D eigenvalue weighted by molar-refractivity contribution is 9.10. The normalized spacial score (nSPS) is 10.5. The average Bonchev–Trinajstić information content (AvgIpc) is 2.40. The van der Waals surface area contributed by atoms with Gasteiger partial charge in [-0.2, -0.15) is 0 Å². The Morgan fingerprint density at radius 3 is 2.42 bits per heavy atom. The maximum absolute atomic E-state index is 6.18. The second-order valence-corrected chi connectivity index (χ2v) is 5.93. The van der Waals surface area contributed by atoms with Gasteiger partial charge in [0, 0.05) is 27.6 Å². The first-order chi connectivity index (χ1) is 9.19. The average molecular weight is 359 g/mol. The first kappa shape index (κ1) is 14.7. The monoisotopic (exact) mass is 357 g/mol. The van der Waals surface area contributed by atoms with E-state index in [1.807, 2.05) is 18.2 Å². The molecule has 0 amide bonds. The lowest BCUT2D eigenvalue weighted by Gasteiger charge is -2.09. The lowest BCUT2D eigenvalue weighted by Crippen LogP contribution is -2.00. The molecule has 0 aliphatic rings. The van der Waals surface area contributed by atoms with Crippen molar-refractivity contribution in [1.29, 1.82) is 0 Å². The summed E-state index contributed by atoms with van der Waals surface area (Å²) < 4.78 is 0.992. The van der Waals surface area contributed by atoms with Gasteiger partial charge in [-0.1, -0.05) is 45.7 Å². The number of hydrogen-bond donors (Lipinski definition) is 1. The summed E-state index contributed by atoms with van der Waals surface area (Å²) in [5.74, 6) is 0.654. The zero-order chi connectivity index (χ0) is 13.7. The van der Waals surface area contributed by atoms with Gasteiger partial charge in [-0.15, -0.1) is 11.6 Å². The molecular formula is C15H14BrCl2N. The Morgan fingerprint density at radius 2 is 1.79 bits per heavy atom. The van der Waals surface area contributed by atoms with Crippen LogP contribution in [0.15, 0.2) is 46.9 Å². The molecule has 2 rings (SSSR count). The molecule has 0 fully saturated rings. The molecule has 1 nitrogen and oxygen atoms in total. The van der Waals surface area contributed by atoms with Gasteiger partial charge in [0.1, 0.15) is 0 Å². The van der Waals surface area contributed by atoms with Crippen LogP contribution >= 0.6 is 39.1 Å². The van der Waals surface area contributed by atoms with E-state index in [-0.39, 0.29) is 0 Å². The van der Waals surface area contributed by atoms with E-state index < -0.39 is 0 Å². The van der Waals surface area contributed by atoms with Gasteiger partial charge in [-0.3, -0.25) is 0 Å². The Kier molecular flexibility index (Phi) is 5.56. The molecule has 0 saturated heterocycles. The fraction of sp³-hybridized carbons (Fsp3) is 0.200. The van der Waals surface area contributed by atoms with Crippen molar-refractivity contribution in [2.75, 3.05) is 11.2 Å². The molecule has 0 saturated carbocycles. The predicted molar refractivity (Wildman–Crippen MR) is 87.3 cm³/mol.